The van der Waals surface area contributed by atoms with Crippen molar-refractivity contribution in [2.24, 2.45) is 23.2 Å². The predicted molar refractivity (Wildman–Crippen MR) is 90.6 cm³/mol. The molecule has 2 atom stereocenters. The number of hydrogen-bond donors (Lipinski definition) is 1. The average Bonchev–Trinajstić information content (AvgIpc) is 2.34. The fraction of sp³-hybridized carbons (Fsp3) is 0.941. The van der Waals surface area contributed by atoms with Crippen molar-refractivity contribution in [3.05, 3.63) is 0 Å². The molecule has 0 aromatic carbocycles. The van der Waals surface area contributed by atoms with Crippen molar-refractivity contribution in [1.82, 2.24) is 4.90 Å². The number of carbonyl (C=O) groups is 1. The summed E-state index contributed by atoms with van der Waals surface area (Å²) in [5.41, 5.74) is -0.392. The number of fused-ring (bicyclic) bond motifs is 2. The van der Waals surface area contributed by atoms with Gasteiger partial charge in [-0.25, -0.2) is 0 Å². The molecule has 0 aromatic rings. The molecule has 23 heavy (non-hydrogen) atoms. The van der Waals surface area contributed by atoms with E-state index in [2.05, 4.69) is 6.92 Å². The molecule has 2 bridgehead atoms. The lowest BCUT2D eigenvalue weighted by atomic mass is 9.59. The SMILES string of the molecule is CC1CC2CC(C1)CC(C)(C(=O)N(CCS(=O)(=O)O)C(C)C)C2. The van der Waals surface area contributed by atoms with Gasteiger partial charge in [0.1, 0.15) is 0 Å². The highest BCUT2D eigenvalue weighted by molar-refractivity contribution is 7.85. The molecule has 2 aliphatic carbocycles. The van der Waals surface area contributed by atoms with E-state index in [9.17, 15) is 13.2 Å². The van der Waals surface area contributed by atoms with Gasteiger partial charge in [-0.05, 0) is 63.7 Å². The molecule has 2 saturated carbocycles. The van der Waals surface area contributed by atoms with Crippen LogP contribution in [0.4, 0.5) is 0 Å². The Morgan fingerprint density at radius 1 is 1.22 bits per heavy atom. The van der Waals surface area contributed by atoms with Crippen molar-refractivity contribution in [1.29, 1.82) is 0 Å². The van der Waals surface area contributed by atoms with Crippen molar-refractivity contribution in [2.45, 2.75) is 65.8 Å². The molecule has 6 heteroatoms. The molecule has 0 spiro atoms. The van der Waals surface area contributed by atoms with Gasteiger partial charge in [0.15, 0.2) is 0 Å². The third kappa shape index (κ3) is 4.69. The smallest absolute Gasteiger partial charge is 0.266 e. The van der Waals surface area contributed by atoms with Crippen LogP contribution in [0, 0.1) is 23.2 Å². The van der Waals surface area contributed by atoms with E-state index in [4.69, 9.17) is 4.55 Å². The van der Waals surface area contributed by atoms with Gasteiger partial charge in [0.2, 0.25) is 5.91 Å². The van der Waals surface area contributed by atoms with Gasteiger partial charge in [-0.2, -0.15) is 8.42 Å². The second-order valence-electron chi connectivity index (χ2n) is 8.39. The zero-order valence-corrected chi connectivity index (χ0v) is 15.6. The minimum atomic E-state index is -4.05. The molecule has 134 valence electrons. The molecule has 1 amide bonds. The van der Waals surface area contributed by atoms with E-state index in [0.29, 0.717) is 11.8 Å². The molecular weight excluding hydrogens is 314 g/mol. The normalized spacial score (nSPS) is 34.4. The van der Waals surface area contributed by atoms with Crippen LogP contribution in [0.15, 0.2) is 0 Å². The average molecular weight is 346 g/mol. The summed E-state index contributed by atoms with van der Waals surface area (Å²) in [6.45, 7) is 8.22. The van der Waals surface area contributed by atoms with Crippen molar-refractivity contribution in [2.75, 3.05) is 12.3 Å². The van der Waals surface area contributed by atoms with Gasteiger partial charge in [0.25, 0.3) is 10.1 Å². The molecule has 2 rings (SSSR count). The van der Waals surface area contributed by atoms with Crippen LogP contribution < -0.4 is 0 Å². The zero-order chi connectivity index (χ0) is 17.4. The van der Waals surface area contributed by atoms with Crippen LogP contribution in [0.1, 0.15) is 59.8 Å². The Morgan fingerprint density at radius 2 is 1.74 bits per heavy atom. The van der Waals surface area contributed by atoms with Gasteiger partial charge in [0.05, 0.1) is 5.75 Å². The minimum absolute atomic E-state index is 0.0559. The van der Waals surface area contributed by atoms with E-state index in [1.807, 2.05) is 20.8 Å². The van der Waals surface area contributed by atoms with Crippen LogP contribution >= 0.6 is 0 Å². The highest BCUT2D eigenvalue weighted by atomic mass is 32.2. The van der Waals surface area contributed by atoms with Gasteiger partial charge >= 0.3 is 0 Å². The summed E-state index contributed by atoms with van der Waals surface area (Å²) in [5, 5.41) is 0. The Kier molecular flexibility index (Phi) is 5.46. The molecule has 0 radical (unpaired) electrons. The lowest BCUT2D eigenvalue weighted by Gasteiger charge is -2.48. The van der Waals surface area contributed by atoms with Crippen molar-refractivity contribution < 1.29 is 17.8 Å². The summed E-state index contributed by atoms with van der Waals surface area (Å²) in [4.78, 5) is 14.8. The summed E-state index contributed by atoms with van der Waals surface area (Å²) < 4.78 is 31.1. The molecule has 2 fully saturated rings. The van der Waals surface area contributed by atoms with E-state index < -0.39 is 21.3 Å². The predicted octanol–water partition coefficient (Wildman–Crippen LogP) is 2.96. The summed E-state index contributed by atoms with van der Waals surface area (Å²) in [6, 6.07) is -0.0678. The summed E-state index contributed by atoms with van der Waals surface area (Å²) in [5.74, 6) is 1.64. The second-order valence-corrected chi connectivity index (χ2v) is 9.96. The van der Waals surface area contributed by atoms with Crippen LogP contribution in [0.25, 0.3) is 0 Å². The Balaban J connectivity index is 2.12. The van der Waals surface area contributed by atoms with E-state index in [0.717, 1.165) is 18.8 Å². The quantitative estimate of drug-likeness (QED) is 0.777. The number of amides is 1. The molecule has 2 aliphatic rings. The topological polar surface area (TPSA) is 74.7 Å². The first-order valence-electron chi connectivity index (χ1n) is 8.76. The van der Waals surface area contributed by atoms with Crippen LogP contribution in [0.5, 0.6) is 0 Å². The van der Waals surface area contributed by atoms with Gasteiger partial charge in [-0.1, -0.05) is 13.8 Å². The van der Waals surface area contributed by atoms with E-state index in [1.54, 1.807) is 4.90 Å². The highest BCUT2D eigenvalue weighted by Gasteiger charge is 2.46. The van der Waals surface area contributed by atoms with Crippen molar-refractivity contribution in [3.63, 3.8) is 0 Å². The number of carbonyl (C=O) groups excluding carboxylic acids is 1. The first-order valence-corrected chi connectivity index (χ1v) is 10.4. The lowest BCUT2D eigenvalue weighted by Crippen LogP contribution is -2.51. The van der Waals surface area contributed by atoms with Crippen LogP contribution in [0.2, 0.25) is 0 Å². The number of rotatable bonds is 5. The Hall–Kier alpha value is -0.620. The highest BCUT2D eigenvalue weighted by Crippen LogP contribution is 2.51. The van der Waals surface area contributed by atoms with E-state index in [-0.39, 0.29) is 18.5 Å². The number of hydrogen-bond acceptors (Lipinski definition) is 3. The summed E-state index contributed by atoms with van der Waals surface area (Å²) in [6.07, 6.45) is 5.45. The standard InChI is InChI=1S/C17H31NO4S/c1-12(2)18(5-6-23(20,21)22)16(19)17(4)10-14-7-13(3)8-15(9-14)11-17/h12-15H,5-11H2,1-4H3,(H,20,21,22). The van der Waals surface area contributed by atoms with Crippen molar-refractivity contribution >= 4 is 16.0 Å². The Labute approximate surface area is 140 Å². The molecule has 0 aliphatic heterocycles. The molecule has 0 aromatic heterocycles. The van der Waals surface area contributed by atoms with Gasteiger partial charge in [-0.15, -0.1) is 0 Å². The number of nitrogens with zero attached hydrogens (tertiary/aromatic N) is 1. The third-order valence-electron chi connectivity index (χ3n) is 5.61. The maximum absolute atomic E-state index is 13.1. The Bertz CT molecular complexity index is 525. The van der Waals surface area contributed by atoms with Crippen LogP contribution in [0.3, 0.4) is 0 Å². The van der Waals surface area contributed by atoms with E-state index in [1.165, 1.54) is 19.3 Å². The zero-order valence-electron chi connectivity index (χ0n) is 14.8. The van der Waals surface area contributed by atoms with E-state index >= 15 is 0 Å². The van der Waals surface area contributed by atoms with Crippen molar-refractivity contribution in [3.8, 4) is 0 Å². The third-order valence-corrected chi connectivity index (χ3v) is 6.31. The first-order chi connectivity index (χ1) is 10.5. The second kappa shape index (κ2) is 6.71. The maximum atomic E-state index is 13.1. The summed E-state index contributed by atoms with van der Waals surface area (Å²) in [7, 11) is -4.05. The maximum Gasteiger partial charge on any atom is 0.266 e. The van der Waals surface area contributed by atoms with Crippen LogP contribution in [-0.4, -0.2) is 42.1 Å². The lowest BCUT2D eigenvalue weighted by molar-refractivity contribution is -0.148. The van der Waals surface area contributed by atoms with Gasteiger partial charge in [0, 0.05) is 18.0 Å². The van der Waals surface area contributed by atoms with Gasteiger partial charge < -0.3 is 4.90 Å². The monoisotopic (exact) mass is 345 g/mol. The Morgan fingerprint density at radius 3 is 2.17 bits per heavy atom. The molecule has 2 unspecified atom stereocenters. The summed E-state index contributed by atoms with van der Waals surface area (Å²) >= 11 is 0. The molecule has 0 heterocycles. The fourth-order valence-corrected chi connectivity index (χ4v) is 5.35. The largest absolute Gasteiger partial charge is 0.339 e. The molecular formula is C17H31NO4S. The van der Waals surface area contributed by atoms with Gasteiger partial charge in [-0.3, -0.25) is 9.35 Å². The molecule has 0 saturated heterocycles. The minimum Gasteiger partial charge on any atom is -0.339 e. The molecule has 1 N–H and O–H groups in total. The van der Waals surface area contributed by atoms with Crippen LogP contribution in [-0.2, 0) is 14.9 Å². The molecule has 5 nitrogen and oxygen atoms in total. The fourth-order valence-electron chi connectivity index (χ4n) is 4.92. The first kappa shape index (κ1) is 18.7.